The molecule has 1 atom stereocenters. The number of nitrogens with one attached hydrogen (secondary N) is 2. The molecule has 3 heterocycles. The Hall–Kier alpha value is -2.94. The number of rotatable bonds is 7. The van der Waals surface area contributed by atoms with Crippen LogP contribution in [0.2, 0.25) is 0 Å². The van der Waals surface area contributed by atoms with Crippen LogP contribution in [0.4, 0.5) is 11.6 Å². The molecule has 0 spiro atoms. The highest BCUT2D eigenvalue weighted by Gasteiger charge is 2.35. The molecule has 0 saturated carbocycles. The van der Waals surface area contributed by atoms with E-state index in [1.807, 2.05) is 45.0 Å². The third-order valence-corrected chi connectivity index (χ3v) is 5.16. The largest absolute Gasteiger partial charge is 0.353 e. The second-order valence-corrected chi connectivity index (χ2v) is 8.66. The number of fused-ring (bicyclic) bond motifs is 2. The number of hydrogen-bond donors (Lipinski definition) is 2. The number of benzene rings is 1. The maximum atomic E-state index is 13.0. The van der Waals surface area contributed by atoms with Crippen LogP contribution in [0.25, 0.3) is 11.0 Å². The van der Waals surface area contributed by atoms with Gasteiger partial charge in [0.1, 0.15) is 13.8 Å². The van der Waals surface area contributed by atoms with Gasteiger partial charge in [0.2, 0.25) is 11.9 Å². The zero-order chi connectivity index (χ0) is 21.4. The Kier molecular flexibility index (Phi) is 5.47. The molecular weight excluding hydrogens is 377 g/mol. The van der Waals surface area contributed by atoms with Gasteiger partial charge >= 0.3 is 0 Å². The molecule has 1 unspecified atom stereocenters. The molecule has 0 aliphatic carbocycles. The van der Waals surface area contributed by atoms with E-state index in [0.717, 1.165) is 35.2 Å². The molecule has 156 valence electrons. The minimum absolute atomic E-state index is 0.0635. The van der Waals surface area contributed by atoms with Crippen molar-refractivity contribution in [3.63, 3.8) is 0 Å². The van der Waals surface area contributed by atoms with Crippen LogP contribution in [0.1, 0.15) is 31.0 Å². The quantitative estimate of drug-likeness (QED) is 0.566. The molecule has 1 aliphatic heterocycles. The number of hydrogen-bond acceptors (Lipinski definition) is 6. The Morgan fingerprint density at radius 3 is 2.83 bits per heavy atom. The number of likely N-dealkylation sites (N-methyl/N-ethyl adjacent to an activating group) is 1. The Labute approximate surface area is 177 Å². The molecule has 1 aliphatic rings. The SMILES string of the molecule is Bc1ccc2c(c1)C(c1nc(NCCN(C)C)nc3nn(CC(C)C)cc13)C(=O)N2. The van der Waals surface area contributed by atoms with Gasteiger partial charge in [-0.1, -0.05) is 31.4 Å². The topological polar surface area (TPSA) is 88.0 Å². The fourth-order valence-electron chi connectivity index (χ4n) is 3.78. The standard InChI is InChI=1S/C21H28BN7O/c1-12(2)10-29-11-15-18(17-14-9-13(22)5-6-16(14)24-20(17)30)25-21(26-19(15)27-29)23-7-8-28(3)4/h5-6,9,11-12,17H,7-8,10,22H2,1-4H3,(H,24,30)(H,23,26,27). The van der Waals surface area contributed by atoms with Crippen molar-refractivity contribution in [3.05, 3.63) is 35.7 Å². The number of amides is 1. The van der Waals surface area contributed by atoms with Gasteiger partial charge in [0, 0.05) is 31.5 Å². The molecule has 0 bridgehead atoms. The lowest BCUT2D eigenvalue weighted by Gasteiger charge is -2.13. The predicted octanol–water partition coefficient (Wildman–Crippen LogP) is 0.798. The van der Waals surface area contributed by atoms with Crippen LogP contribution < -0.4 is 16.1 Å². The van der Waals surface area contributed by atoms with E-state index in [1.54, 1.807) is 0 Å². The average molecular weight is 405 g/mol. The van der Waals surface area contributed by atoms with E-state index in [1.165, 1.54) is 0 Å². The smallest absolute Gasteiger partial charge is 0.238 e. The van der Waals surface area contributed by atoms with E-state index in [9.17, 15) is 4.79 Å². The Bertz CT molecular complexity index is 1090. The summed E-state index contributed by atoms with van der Waals surface area (Å²) in [4.78, 5) is 24.5. The van der Waals surface area contributed by atoms with E-state index < -0.39 is 5.92 Å². The Balaban J connectivity index is 1.81. The molecule has 0 radical (unpaired) electrons. The summed E-state index contributed by atoms with van der Waals surface area (Å²) in [5, 5.41) is 11.8. The lowest BCUT2D eigenvalue weighted by atomic mass is 9.88. The van der Waals surface area contributed by atoms with E-state index >= 15 is 0 Å². The van der Waals surface area contributed by atoms with Gasteiger partial charge in [0.25, 0.3) is 0 Å². The summed E-state index contributed by atoms with van der Waals surface area (Å²) in [6.07, 6.45) is 1.97. The highest BCUT2D eigenvalue weighted by Crippen LogP contribution is 2.38. The fraction of sp³-hybridized carbons (Fsp3) is 0.429. The van der Waals surface area contributed by atoms with Crippen LogP contribution >= 0.6 is 0 Å². The molecule has 1 amide bonds. The van der Waals surface area contributed by atoms with Crippen LogP contribution in [-0.4, -0.2) is 65.6 Å². The molecule has 4 rings (SSSR count). The zero-order valence-corrected chi connectivity index (χ0v) is 18.2. The Morgan fingerprint density at radius 2 is 2.10 bits per heavy atom. The highest BCUT2D eigenvalue weighted by atomic mass is 16.2. The van der Waals surface area contributed by atoms with Crippen LogP contribution in [0.15, 0.2) is 24.4 Å². The summed E-state index contributed by atoms with van der Waals surface area (Å²) < 4.78 is 1.90. The zero-order valence-electron chi connectivity index (χ0n) is 18.2. The maximum Gasteiger partial charge on any atom is 0.238 e. The van der Waals surface area contributed by atoms with E-state index in [4.69, 9.17) is 4.98 Å². The van der Waals surface area contributed by atoms with E-state index in [0.29, 0.717) is 29.8 Å². The minimum atomic E-state index is -0.475. The first-order chi connectivity index (χ1) is 14.3. The monoisotopic (exact) mass is 405 g/mol. The molecule has 1 aromatic carbocycles. The number of carbonyl (C=O) groups excluding carboxylic acids is 1. The van der Waals surface area contributed by atoms with Crippen molar-refractivity contribution in [2.75, 3.05) is 37.8 Å². The average Bonchev–Trinajstić information content (AvgIpc) is 3.19. The molecule has 0 fully saturated rings. The van der Waals surface area contributed by atoms with Crippen molar-refractivity contribution in [1.82, 2.24) is 24.6 Å². The van der Waals surface area contributed by atoms with E-state index in [-0.39, 0.29) is 5.91 Å². The number of anilines is 2. The third-order valence-electron chi connectivity index (χ3n) is 5.16. The number of aromatic nitrogens is 4. The molecule has 0 saturated heterocycles. The summed E-state index contributed by atoms with van der Waals surface area (Å²) in [7, 11) is 6.07. The first-order valence-electron chi connectivity index (χ1n) is 10.4. The van der Waals surface area contributed by atoms with Crippen molar-refractivity contribution in [3.8, 4) is 0 Å². The van der Waals surface area contributed by atoms with Gasteiger partial charge in [0.15, 0.2) is 5.65 Å². The lowest BCUT2D eigenvalue weighted by Crippen LogP contribution is -2.22. The molecule has 8 nitrogen and oxygen atoms in total. The normalized spacial score (nSPS) is 15.8. The molecule has 3 aromatic rings. The molecule has 9 heteroatoms. The molecule has 2 N–H and O–H groups in total. The van der Waals surface area contributed by atoms with E-state index in [2.05, 4.69) is 45.5 Å². The van der Waals surface area contributed by atoms with Gasteiger partial charge in [-0.25, -0.2) is 4.98 Å². The van der Waals surface area contributed by atoms with Crippen molar-refractivity contribution in [1.29, 1.82) is 0 Å². The summed E-state index contributed by atoms with van der Waals surface area (Å²) in [6, 6.07) is 6.02. The van der Waals surface area contributed by atoms with Crippen molar-refractivity contribution in [2.45, 2.75) is 26.3 Å². The van der Waals surface area contributed by atoms with Crippen molar-refractivity contribution < 1.29 is 4.79 Å². The maximum absolute atomic E-state index is 13.0. The van der Waals surface area contributed by atoms with Gasteiger partial charge < -0.3 is 15.5 Å². The summed E-state index contributed by atoms with van der Waals surface area (Å²) in [5.74, 6) is 0.414. The fourth-order valence-corrected chi connectivity index (χ4v) is 3.78. The minimum Gasteiger partial charge on any atom is -0.353 e. The molecule has 2 aromatic heterocycles. The van der Waals surface area contributed by atoms with Crippen LogP contribution in [0.3, 0.4) is 0 Å². The van der Waals surface area contributed by atoms with Gasteiger partial charge in [0.05, 0.1) is 11.1 Å². The van der Waals surface area contributed by atoms with Crippen LogP contribution in [0.5, 0.6) is 0 Å². The van der Waals surface area contributed by atoms with Crippen molar-refractivity contribution in [2.24, 2.45) is 5.92 Å². The highest BCUT2D eigenvalue weighted by molar-refractivity contribution is 6.32. The van der Waals surface area contributed by atoms with Crippen LogP contribution in [-0.2, 0) is 11.3 Å². The van der Waals surface area contributed by atoms with Gasteiger partial charge in [-0.15, -0.1) is 0 Å². The molecule has 30 heavy (non-hydrogen) atoms. The van der Waals surface area contributed by atoms with Gasteiger partial charge in [-0.05, 0) is 31.6 Å². The number of carbonyl (C=O) groups is 1. The summed E-state index contributed by atoms with van der Waals surface area (Å²) in [6.45, 7) is 6.64. The lowest BCUT2D eigenvalue weighted by molar-refractivity contribution is -0.116. The summed E-state index contributed by atoms with van der Waals surface area (Å²) in [5.41, 5.74) is 4.22. The second-order valence-electron chi connectivity index (χ2n) is 8.66. The Morgan fingerprint density at radius 1 is 1.30 bits per heavy atom. The van der Waals surface area contributed by atoms with Crippen molar-refractivity contribution >= 4 is 41.9 Å². The first kappa shape index (κ1) is 20.3. The molecular formula is C21H28BN7O. The van der Waals surface area contributed by atoms with Gasteiger partial charge in [-0.2, -0.15) is 10.1 Å². The van der Waals surface area contributed by atoms with Crippen LogP contribution in [0, 0.1) is 5.92 Å². The second kappa shape index (κ2) is 8.06. The first-order valence-corrected chi connectivity index (χ1v) is 10.4. The predicted molar refractivity (Wildman–Crippen MR) is 122 cm³/mol. The third kappa shape index (κ3) is 4.02. The van der Waals surface area contributed by atoms with Gasteiger partial charge in [-0.3, -0.25) is 9.48 Å². The summed E-state index contributed by atoms with van der Waals surface area (Å²) >= 11 is 0. The number of nitrogens with zero attached hydrogens (tertiary/aromatic N) is 5.